The molecule has 2 aromatic rings. The van der Waals surface area contributed by atoms with Crippen LogP contribution in [0.15, 0.2) is 30.3 Å². The van der Waals surface area contributed by atoms with E-state index in [1.54, 1.807) is 0 Å². The summed E-state index contributed by atoms with van der Waals surface area (Å²) >= 11 is 0. The van der Waals surface area contributed by atoms with Gasteiger partial charge in [-0.3, -0.25) is 0 Å². The van der Waals surface area contributed by atoms with Crippen molar-refractivity contribution in [2.24, 2.45) is 0 Å². The highest BCUT2D eigenvalue weighted by atomic mass is 32.2. The predicted octanol–water partition coefficient (Wildman–Crippen LogP) is 1.69. The van der Waals surface area contributed by atoms with Gasteiger partial charge in [-0.1, -0.05) is 29.8 Å². The van der Waals surface area contributed by atoms with E-state index in [1.165, 1.54) is 0 Å². The Bertz CT molecular complexity index is 822. The zero-order valence-electron chi connectivity index (χ0n) is 15.1. The third-order valence-corrected chi connectivity index (χ3v) is 4.83. The molecule has 0 radical (unpaired) electrons. The van der Waals surface area contributed by atoms with Gasteiger partial charge in [0.25, 0.3) is 0 Å². The highest BCUT2D eigenvalue weighted by Gasteiger charge is 2.11. The Morgan fingerprint density at radius 1 is 1.08 bits per heavy atom. The molecule has 1 heterocycles. The Morgan fingerprint density at radius 2 is 1.84 bits per heavy atom. The zero-order chi connectivity index (χ0) is 18.4. The van der Waals surface area contributed by atoms with Crippen molar-refractivity contribution in [3.63, 3.8) is 0 Å². The Balaban J connectivity index is 1.86. The Kier molecular flexibility index (Phi) is 6.33. The van der Waals surface area contributed by atoms with Crippen molar-refractivity contribution in [3.05, 3.63) is 47.2 Å². The molecular formula is C17H25N5O2S. The Labute approximate surface area is 149 Å². The lowest BCUT2D eigenvalue weighted by molar-refractivity contribution is 0.582. The molecule has 1 aromatic carbocycles. The summed E-state index contributed by atoms with van der Waals surface area (Å²) in [6.45, 7) is 4.51. The van der Waals surface area contributed by atoms with Gasteiger partial charge in [0.15, 0.2) is 0 Å². The summed E-state index contributed by atoms with van der Waals surface area (Å²) in [5, 5.41) is 3.05. The maximum atomic E-state index is 12.1. The standard InChI is InChI=1S/C17H25N5O2S/c1-13-6-5-7-15(10-13)12-25(23,24)19-9-8-18-17-20-14(2)11-16(21-17)22(3)4/h5-7,10-11,19H,8-9,12H2,1-4H3,(H,18,20,21). The molecule has 0 saturated heterocycles. The summed E-state index contributed by atoms with van der Waals surface area (Å²) in [5.41, 5.74) is 2.67. The number of benzene rings is 1. The van der Waals surface area contributed by atoms with Crippen molar-refractivity contribution in [3.8, 4) is 0 Å². The topological polar surface area (TPSA) is 87.2 Å². The van der Waals surface area contributed by atoms with Crippen LogP contribution in [-0.4, -0.2) is 45.6 Å². The van der Waals surface area contributed by atoms with E-state index in [2.05, 4.69) is 20.0 Å². The van der Waals surface area contributed by atoms with Gasteiger partial charge >= 0.3 is 0 Å². The summed E-state index contributed by atoms with van der Waals surface area (Å²) < 4.78 is 26.9. The fourth-order valence-corrected chi connectivity index (χ4v) is 3.45. The van der Waals surface area contributed by atoms with E-state index in [-0.39, 0.29) is 12.3 Å². The smallest absolute Gasteiger partial charge is 0.224 e. The highest BCUT2D eigenvalue weighted by Crippen LogP contribution is 2.11. The molecule has 7 nitrogen and oxygen atoms in total. The summed E-state index contributed by atoms with van der Waals surface area (Å²) in [5.74, 6) is 1.26. The molecular weight excluding hydrogens is 338 g/mol. The number of nitrogens with zero attached hydrogens (tertiary/aromatic N) is 3. The number of hydrogen-bond donors (Lipinski definition) is 2. The van der Waals surface area contributed by atoms with Crippen molar-refractivity contribution < 1.29 is 8.42 Å². The molecule has 0 amide bonds. The first-order chi connectivity index (χ1) is 11.7. The molecule has 0 atom stereocenters. The molecule has 1 aromatic heterocycles. The van der Waals surface area contributed by atoms with E-state index in [0.29, 0.717) is 12.5 Å². The summed E-state index contributed by atoms with van der Waals surface area (Å²) in [4.78, 5) is 10.6. The van der Waals surface area contributed by atoms with Gasteiger partial charge in [0, 0.05) is 38.9 Å². The van der Waals surface area contributed by atoms with E-state index in [1.807, 2.05) is 63.2 Å². The molecule has 0 aliphatic heterocycles. The van der Waals surface area contributed by atoms with Gasteiger partial charge < -0.3 is 10.2 Å². The van der Waals surface area contributed by atoms with Crippen LogP contribution < -0.4 is 14.9 Å². The number of anilines is 2. The van der Waals surface area contributed by atoms with E-state index < -0.39 is 10.0 Å². The van der Waals surface area contributed by atoms with E-state index in [0.717, 1.165) is 22.6 Å². The second kappa shape index (κ2) is 8.26. The quantitative estimate of drug-likeness (QED) is 0.694. The van der Waals surface area contributed by atoms with Crippen LogP contribution in [0.25, 0.3) is 0 Å². The van der Waals surface area contributed by atoms with Gasteiger partial charge in [0.2, 0.25) is 16.0 Å². The minimum absolute atomic E-state index is 0.0274. The van der Waals surface area contributed by atoms with Crippen molar-refractivity contribution in [2.45, 2.75) is 19.6 Å². The van der Waals surface area contributed by atoms with Crippen LogP contribution >= 0.6 is 0 Å². The van der Waals surface area contributed by atoms with Gasteiger partial charge in [-0.15, -0.1) is 0 Å². The van der Waals surface area contributed by atoms with Crippen LogP contribution in [0.3, 0.4) is 0 Å². The molecule has 0 saturated carbocycles. The number of sulfonamides is 1. The van der Waals surface area contributed by atoms with Gasteiger partial charge in [-0.2, -0.15) is 4.98 Å². The second-order valence-electron chi connectivity index (χ2n) is 6.15. The summed E-state index contributed by atoms with van der Waals surface area (Å²) in [6.07, 6.45) is 0. The SMILES string of the molecule is Cc1cccc(CS(=O)(=O)NCCNc2nc(C)cc(N(C)C)n2)c1. The minimum atomic E-state index is -3.37. The van der Waals surface area contributed by atoms with Gasteiger partial charge in [0.1, 0.15) is 5.82 Å². The first kappa shape index (κ1) is 19.1. The fraction of sp³-hybridized carbons (Fsp3) is 0.412. The largest absolute Gasteiger partial charge is 0.363 e. The summed E-state index contributed by atoms with van der Waals surface area (Å²) in [6, 6.07) is 9.38. The Hall–Kier alpha value is -2.19. The van der Waals surface area contributed by atoms with Crippen molar-refractivity contribution in [1.29, 1.82) is 0 Å². The number of hydrogen-bond acceptors (Lipinski definition) is 6. The normalized spacial score (nSPS) is 11.4. The molecule has 0 fully saturated rings. The number of rotatable bonds is 8. The van der Waals surface area contributed by atoms with Crippen LogP contribution in [0.1, 0.15) is 16.8 Å². The maximum Gasteiger partial charge on any atom is 0.224 e. The highest BCUT2D eigenvalue weighted by molar-refractivity contribution is 7.88. The average Bonchev–Trinajstić information content (AvgIpc) is 2.50. The summed E-state index contributed by atoms with van der Waals surface area (Å²) in [7, 11) is 0.441. The fourth-order valence-electron chi connectivity index (χ4n) is 2.31. The van der Waals surface area contributed by atoms with Crippen molar-refractivity contribution in [2.75, 3.05) is 37.4 Å². The molecule has 0 aliphatic carbocycles. The number of aromatic nitrogens is 2. The zero-order valence-corrected chi connectivity index (χ0v) is 15.9. The minimum Gasteiger partial charge on any atom is -0.363 e. The predicted molar refractivity (Wildman–Crippen MR) is 101 cm³/mol. The average molecular weight is 363 g/mol. The van der Waals surface area contributed by atoms with Crippen LogP contribution in [0.4, 0.5) is 11.8 Å². The van der Waals surface area contributed by atoms with Crippen LogP contribution in [-0.2, 0) is 15.8 Å². The number of aryl methyl sites for hydroxylation is 2. The van der Waals surface area contributed by atoms with Crippen LogP contribution in [0.2, 0.25) is 0 Å². The molecule has 0 bridgehead atoms. The molecule has 0 aliphatic rings. The number of nitrogens with one attached hydrogen (secondary N) is 2. The second-order valence-corrected chi connectivity index (χ2v) is 7.96. The lowest BCUT2D eigenvalue weighted by atomic mass is 10.2. The van der Waals surface area contributed by atoms with Gasteiger partial charge in [-0.05, 0) is 19.4 Å². The lowest BCUT2D eigenvalue weighted by Gasteiger charge is -2.14. The van der Waals surface area contributed by atoms with E-state index in [9.17, 15) is 8.42 Å². The van der Waals surface area contributed by atoms with Crippen molar-refractivity contribution >= 4 is 21.8 Å². The Morgan fingerprint density at radius 3 is 2.52 bits per heavy atom. The molecule has 136 valence electrons. The first-order valence-corrected chi connectivity index (χ1v) is 9.70. The molecule has 25 heavy (non-hydrogen) atoms. The lowest BCUT2D eigenvalue weighted by Crippen LogP contribution is -2.30. The molecule has 0 unspecified atom stereocenters. The molecule has 8 heteroatoms. The molecule has 2 rings (SSSR count). The monoisotopic (exact) mass is 363 g/mol. The van der Waals surface area contributed by atoms with Crippen molar-refractivity contribution in [1.82, 2.24) is 14.7 Å². The maximum absolute atomic E-state index is 12.1. The van der Waals surface area contributed by atoms with Crippen LogP contribution in [0, 0.1) is 13.8 Å². The van der Waals surface area contributed by atoms with Gasteiger partial charge in [-0.25, -0.2) is 18.1 Å². The third-order valence-electron chi connectivity index (χ3n) is 3.47. The molecule has 0 spiro atoms. The van der Waals surface area contributed by atoms with Crippen LogP contribution in [0.5, 0.6) is 0 Å². The van der Waals surface area contributed by atoms with E-state index in [4.69, 9.17) is 0 Å². The van der Waals surface area contributed by atoms with E-state index >= 15 is 0 Å². The third kappa shape index (κ3) is 6.32. The molecule has 2 N–H and O–H groups in total. The first-order valence-electron chi connectivity index (χ1n) is 8.05. The van der Waals surface area contributed by atoms with Gasteiger partial charge in [0.05, 0.1) is 5.75 Å².